The summed E-state index contributed by atoms with van der Waals surface area (Å²) in [6.07, 6.45) is 1.88. The summed E-state index contributed by atoms with van der Waals surface area (Å²) in [6, 6.07) is 0.155. The van der Waals surface area contributed by atoms with Gasteiger partial charge in [-0.2, -0.15) is 0 Å². The maximum atomic E-state index is 11.3. The summed E-state index contributed by atoms with van der Waals surface area (Å²) in [6.45, 7) is 6.88. The van der Waals surface area contributed by atoms with Crippen LogP contribution in [0.4, 0.5) is 0 Å². The summed E-state index contributed by atoms with van der Waals surface area (Å²) in [5.41, 5.74) is 0. The molecule has 0 spiro atoms. The molecule has 4 nitrogen and oxygen atoms in total. The molecule has 0 aromatic carbocycles. The molecule has 84 valence electrons. The van der Waals surface area contributed by atoms with Crippen LogP contribution in [0.1, 0.15) is 26.7 Å². The molecule has 1 fully saturated rings. The molecule has 1 aliphatic rings. The van der Waals surface area contributed by atoms with Crippen molar-refractivity contribution in [2.24, 2.45) is 0 Å². The maximum Gasteiger partial charge on any atom is 0.211 e. The van der Waals surface area contributed by atoms with Crippen molar-refractivity contribution in [1.29, 1.82) is 0 Å². The lowest BCUT2D eigenvalue weighted by Crippen LogP contribution is -2.44. The second-order valence-corrected chi connectivity index (χ2v) is 5.77. The van der Waals surface area contributed by atoms with E-state index < -0.39 is 10.0 Å². The summed E-state index contributed by atoms with van der Waals surface area (Å²) in [7, 11) is -3.01. The molecular weight excluding hydrogens is 200 g/mol. The third kappa shape index (κ3) is 3.55. The molecule has 1 N–H and O–H groups in total. The third-order valence-electron chi connectivity index (χ3n) is 2.76. The molecule has 0 bridgehead atoms. The van der Waals surface area contributed by atoms with Crippen LogP contribution in [0.15, 0.2) is 0 Å². The average Bonchev–Trinajstić information content (AvgIpc) is 2.19. The second kappa shape index (κ2) is 5.09. The number of likely N-dealkylation sites (tertiary alicyclic amines) is 1. The minimum atomic E-state index is -3.01. The van der Waals surface area contributed by atoms with E-state index >= 15 is 0 Å². The maximum absolute atomic E-state index is 11.3. The minimum absolute atomic E-state index is 0.155. The number of nitrogens with one attached hydrogen (secondary N) is 1. The monoisotopic (exact) mass is 220 g/mol. The van der Waals surface area contributed by atoms with Crippen LogP contribution in [-0.4, -0.2) is 44.7 Å². The van der Waals surface area contributed by atoms with Crippen molar-refractivity contribution in [3.63, 3.8) is 0 Å². The van der Waals surface area contributed by atoms with E-state index in [1.807, 2.05) is 0 Å². The first kappa shape index (κ1) is 11.9. The smallest absolute Gasteiger partial charge is 0.211 e. The summed E-state index contributed by atoms with van der Waals surface area (Å²) < 4.78 is 25.3. The molecule has 5 heteroatoms. The highest BCUT2D eigenvalue weighted by Gasteiger charge is 2.21. The fraction of sp³-hybridized carbons (Fsp3) is 1.00. The van der Waals surface area contributed by atoms with E-state index in [1.54, 1.807) is 6.92 Å². The Morgan fingerprint density at radius 1 is 1.29 bits per heavy atom. The van der Waals surface area contributed by atoms with Gasteiger partial charge in [-0.15, -0.1) is 0 Å². The van der Waals surface area contributed by atoms with Crippen molar-refractivity contribution >= 4 is 10.0 Å². The molecule has 0 aliphatic carbocycles. The van der Waals surface area contributed by atoms with Crippen LogP contribution in [-0.2, 0) is 10.0 Å². The van der Waals surface area contributed by atoms with E-state index in [-0.39, 0.29) is 11.8 Å². The van der Waals surface area contributed by atoms with Gasteiger partial charge in [-0.25, -0.2) is 13.1 Å². The Bertz CT molecular complexity index is 256. The predicted octanol–water partition coefficient (Wildman–Crippen LogP) is 0.410. The van der Waals surface area contributed by atoms with Gasteiger partial charge in [0.2, 0.25) is 10.0 Å². The zero-order valence-corrected chi connectivity index (χ0v) is 9.81. The largest absolute Gasteiger partial charge is 0.303 e. The van der Waals surface area contributed by atoms with Gasteiger partial charge in [-0.05, 0) is 39.4 Å². The Balaban J connectivity index is 2.36. The zero-order chi connectivity index (χ0) is 10.6. The molecule has 0 amide bonds. The SMILES string of the molecule is CCN1CCC(NS(=O)(=O)CC)CC1. The molecule has 0 aromatic rings. The first-order valence-corrected chi connectivity index (χ1v) is 6.95. The van der Waals surface area contributed by atoms with Crippen molar-refractivity contribution in [3.8, 4) is 0 Å². The lowest BCUT2D eigenvalue weighted by molar-refractivity contribution is 0.217. The molecular formula is C9H20N2O2S. The van der Waals surface area contributed by atoms with Crippen molar-refractivity contribution in [3.05, 3.63) is 0 Å². The predicted molar refractivity (Wildman–Crippen MR) is 57.7 cm³/mol. The molecule has 0 saturated carbocycles. The van der Waals surface area contributed by atoms with Crippen LogP contribution in [0.3, 0.4) is 0 Å². The van der Waals surface area contributed by atoms with E-state index in [1.165, 1.54) is 0 Å². The van der Waals surface area contributed by atoms with Gasteiger partial charge in [-0.1, -0.05) is 6.92 Å². The van der Waals surface area contributed by atoms with Crippen molar-refractivity contribution in [1.82, 2.24) is 9.62 Å². The first-order chi connectivity index (χ1) is 6.57. The van der Waals surface area contributed by atoms with Crippen LogP contribution >= 0.6 is 0 Å². The summed E-state index contributed by atoms with van der Waals surface area (Å²) in [5, 5.41) is 0. The van der Waals surface area contributed by atoms with Crippen LogP contribution in [0.5, 0.6) is 0 Å². The summed E-state index contributed by atoms with van der Waals surface area (Å²) in [4.78, 5) is 2.34. The fourth-order valence-electron chi connectivity index (χ4n) is 1.70. The highest BCUT2D eigenvalue weighted by Crippen LogP contribution is 2.10. The normalized spacial score (nSPS) is 21.3. The highest BCUT2D eigenvalue weighted by atomic mass is 32.2. The molecule has 0 atom stereocenters. The van der Waals surface area contributed by atoms with Gasteiger partial charge in [0.1, 0.15) is 0 Å². The van der Waals surface area contributed by atoms with Gasteiger partial charge in [0.05, 0.1) is 5.75 Å². The lowest BCUT2D eigenvalue weighted by Gasteiger charge is -2.31. The molecule has 1 saturated heterocycles. The second-order valence-electron chi connectivity index (χ2n) is 3.73. The van der Waals surface area contributed by atoms with E-state index in [4.69, 9.17) is 0 Å². The Kier molecular flexibility index (Phi) is 4.34. The number of rotatable bonds is 4. The number of nitrogens with zero attached hydrogens (tertiary/aromatic N) is 1. The lowest BCUT2D eigenvalue weighted by atomic mass is 10.1. The van der Waals surface area contributed by atoms with E-state index in [0.29, 0.717) is 0 Å². The van der Waals surface area contributed by atoms with Crippen LogP contribution in [0.2, 0.25) is 0 Å². The van der Waals surface area contributed by atoms with Crippen molar-refractivity contribution in [2.75, 3.05) is 25.4 Å². The average molecular weight is 220 g/mol. The Morgan fingerprint density at radius 2 is 1.86 bits per heavy atom. The molecule has 0 radical (unpaired) electrons. The molecule has 1 aliphatic heterocycles. The quantitative estimate of drug-likeness (QED) is 0.746. The summed E-state index contributed by atoms with van der Waals surface area (Å²) >= 11 is 0. The van der Waals surface area contributed by atoms with E-state index in [9.17, 15) is 8.42 Å². The van der Waals surface area contributed by atoms with Crippen LogP contribution in [0.25, 0.3) is 0 Å². The number of sulfonamides is 1. The van der Waals surface area contributed by atoms with Gasteiger partial charge < -0.3 is 4.90 Å². The number of hydrogen-bond donors (Lipinski definition) is 1. The van der Waals surface area contributed by atoms with Gasteiger partial charge in [0, 0.05) is 6.04 Å². The Hall–Kier alpha value is -0.130. The number of piperidine rings is 1. The van der Waals surface area contributed by atoms with Gasteiger partial charge >= 0.3 is 0 Å². The van der Waals surface area contributed by atoms with Crippen LogP contribution in [0, 0.1) is 0 Å². The topological polar surface area (TPSA) is 49.4 Å². The summed E-state index contributed by atoms with van der Waals surface area (Å²) in [5.74, 6) is 0.182. The van der Waals surface area contributed by atoms with E-state index in [0.717, 1.165) is 32.5 Å². The first-order valence-electron chi connectivity index (χ1n) is 5.29. The standard InChI is InChI=1S/C9H20N2O2S/c1-3-11-7-5-9(6-8-11)10-14(12,13)4-2/h9-10H,3-8H2,1-2H3. The minimum Gasteiger partial charge on any atom is -0.303 e. The van der Waals surface area contributed by atoms with Crippen molar-refractivity contribution < 1.29 is 8.42 Å². The molecule has 0 unspecified atom stereocenters. The van der Waals surface area contributed by atoms with Gasteiger partial charge in [0.25, 0.3) is 0 Å². The fourth-order valence-corrected chi connectivity index (χ4v) is 2.61. The molecule has 14 heavy (non-hydrogen) atoms. The van der Waals surface area contributed by atoms with Gasteiger partial charge in [0.15, 0.2) is 0 Å². The van der Waals surface area contributed by atoms with Crippen molar-refractivity contribution in [2.45, 2.75) is 32.7 Å². The molecule has 1 rings (SSSR count). The zero-order valence-electron chi connectivity index (χ0n) is 8.99. The highest BCUT2D eigenvalue weighted by molar-refractivity contribution is 7.89. The molecule has 1 heterocycles. The van der Waals surface area contributed by atoms with Gasteiger partial charge in [-0.3, -0.25) is 0 Å². The number of hydrogen-bond acceptors (Lipinski definition) is 3. The molecule has 0 aromatic heterocycles. The Labute approximate surface area is 86.7 Å². The van der Waals surface area contributed by atoms with Crippen LogP contribution < -0.4 is 4.72 Å². The van der Waals surface area contributed by atoms with E-state index in [2.05, 4.69) is 16.5 Å². The Morgan fingerprint density at radius 3 is 2.29 bits per heavy atom. The third-order valence-corrected chi connectivity index (χ3v) is 4.21.